The zero-order valence-corrected chi connectivity index (χ0v) is 8.81. The van der Waals surface area contributed by atoms with Gasteiger partial charge in [0, 0.05) is 22.2 Å². The molecular formula is C12H15NO. The Hall–Kier alpha value is -1.28. The van der Waals surface area contributed by atoms with Crippen LogP contribution in [-0.4, -0.2) is 10.1 Å². The maximum atomic E-state index is 9.25. The number of aliphatic hydroxyl groups is 1. The van der Waals surface area contributed by atoms with Crippen LogP contribution in [0.4, 0.5) is 0 Å². The number of fused-ring (bicyclic) bond motifs is 1. The quantitative estimate of drug-likeness (QED) is 0.710. The third kappa shape index (κ3) is 1.23. The maximum absolute atomic E-state index is 9.25. The number of benzene rings is 1. The number of aliphatic hydroxyl groups excluding tert-OH is 1. The topological polar surface area (TPSA) is 36.0 Å². The van der Waals surface area contributed by atoms with Crippen LogP contribution in [-0.2, 0) is 6.61 Å². The molecule has 2 N–H and O–H groups in total. The predicted molar refractivity (Wildman–Crippen MR) is 58.4 cm³/mol. The van der Waals surface area contributed by atoms with E-state index < -0.39 is 0 Å². The van der Waals surface area contributed by atoms with E-state index in [-0.39, 0.29) is 6.61 Å². The minimum atomic E-state index is 0.105. The second-order valence-electron chi connectivity index (χ2n) is 3.87. The minimum Gasteiger partial charge on any atom is -0.392 e. The summed E-state index contributed by atoms with van der Waals surface area (Å²) in [5.41, 5.74) is 5.75. The van der Waals surface area contributed by atoms with Crippen molar-refractivity contribution in [3.8, 4) is 0 Å². The molecule has 0 atom stereocenters. The molecule has 0 saturated heterocycles. The van der Waals surface area contributed by atoms with Crippen LogP contribution in [0.25, 0.3) is 10.9 Å². The molecule has 0 aliphatic rings. The van der Waals surface area contributed by atoms with Crippen LogP contribution in [0.2, 0.25) is 0 Å². The van der Waals surface area contributed by atoms with Crippen molar-refractivity contribution in [2.45, 2.75) is 27.4 Å². The highest BCUT2D eigenvalue weighted by Crippen LogP contribution is 2.25. The summed E-state index contributed by atoms with van der Waals surface area (Å²) < 4.78 is 0. The fourth-order valence-electron chi connectivity index (χ4n) is 1.85. The molecule has 0 saturated carbocycles. The van der Waals surface area contributed by atoms with Crippen molar-refractivity contribution in [1.29, 1.82) is 0 Å². The van der Waals surface area contributed by atoms with Gasteiger partial charge in [-0.25, -0.2) is 0 Å². The first-order chi connectivity index (χ1) is 6.63. The zero-order valence-electron chi connectivity index (χ0n) is 8.81. The summed E-state index contributed by atoms with van der Waals surface area (Å²) in [5.74, 6) is 0. The van der Waals surface area contributed by atoms with Gasteiger partial charge in [-0.15, -0.1) is 0 Å². The van der Waals surface area contributed by atoms with Crippen molar-refractivity contribution in [3.63, 3.8) is 0 Å². The average Bonchev–Trinajstić information content (AvgIpc) is 2.42. The van der Waals surface area contributed by atoms with Crippen LogP contribution in [0.3, 0.4) is 0 Å². The number of rotatable bonds is 1. The van der Waals surface area contributed by atoms with Crippen molar-refractivity contribution in [1.82, 2.24) is 4.98 Å². The lowest BCUT2D eigenvalue weighted by atomic mass is 10.0. The molecule has 1 aromatic heterocycles. The molecule has 1 aromatic carbocycles. The molecule has 1 heterocycles. The molecule has 2 rings (SSSR count). The molecule has 0 unspecified atom stereocenters. The van der Waals surface area contributed by atoms with Gasteiger partial charge in [0.15, 0.2) is 0 Å². The first-order valence-corrected chi connectivity index (χ1v) is 4.82. The van der Waals surface area contributed by atoms with Gasteiger partial charge in [-0.05, 0) is 44.0 Å². The van der Waals surface area contributed by atoms with Crippen LogP contribution in [0.1, 0.15) is 22.4 Å². The highest BCUT2D eigenvalue weighted by molar-refractivity contribution is 5.86. The van der Waals surface area contributed by atoms with E-state index in [0.29, 0.717) is 0 Å². The van der Waals surface area contributed by atoms with E-state index in [9.17, 15) is 5.11 Å². The summed E-state index contributed by atoms with van der Waals surface area (Å²) in [6.45, 7) is 6.30. The standard InChI is InChI=1S/C12H15NO/c1-7-4-10-11(6-14)9(3)13-12(10)5-8(7)2/h4-5,13-14H,6H2,1-3H3. The van der Waals surface area contributed by atoms with E-state index in [1.54, 1.807) is 0 Å². The molecule has 74 valence electrons. The molecular weight excluding hydrogens is 174 g/mol. The molecule has 2 heteroatoms. The monoisotopic (exact) mass is 189 g/mol. The Bertz CT molecular complexity index is 483. The Labute approximate surface area is 83.6 Å². The van der Waals surface area contributed by atoms with Gasteiger partial charge < -0.3 is 10.1 Å². The van der Waals surface area contributed by atoms with Crippen molar-refractivity contribution in [2.75, 3.05) is 0 Å². The maximum Gasteiger partial charge on any atom is 0.0705 e. The summed E-state index contributed by atoms with van der Waals surface area (Å²) in [4.78, 5) is 3.29. The summed E-state index contributed by atoms with van der Waals surface area (Å²) in [5, 5.41) is 10.4. The average molecular weight is 189 g/mol. The second kappa shape index (κ2) is 3.14. The van der Waals surface area contributed by atoms with E-state index in [1.807, 2.05) is 6.92 Å². The van der Waals surface area contributed by atoms with Crippen LogP contribution in [0.5, 0.6) is 0 Å². The number of aromatic amines is 1. The Kier molecular flexibility index (Phi) is 2.08. The third-order valence-electron chi connectivity index (χ3n) is 2.89. The Morgan fingerprint density at radius 3 is 2.43 bits per heavy atom. The van der Waals surface area contributed by atoms with Crippen molar-refractivity contribution < 1.29 is 5.11 Å². The molecule has 0 fully saturated rings. The van der Waals surface area contributed by atoms with Gasteiger partial charge in [-0.1, -0.05) is 0 Å². The highest BCUT2D eigenvalue weighted by Gasteiger charge is 2.08. The van der Waals surface area contributed by atoms with Gasteiger partial charge in [0.25, 0.3) is 0 Å². The lowest BCUT2D eigenvalue weighted by Gasteiger charge is -2.00. The third-order valence-corrected chi connectivity index (χ3v) is 2.89. The van der Waals surface area contributed by atoms with Crippen LogP contribution in [0, 0.1) is 20.8 Å². The van der Waals surface area contributed by atoms with Crippen molar-refractivity contribution >= 4 is 10.9 Å². The summed E-state index contributed by atoms with van der Waals surface area (Å²) >= 11 is 0. The van der Waals surface area contributed by atoms with Gasteiger partial charge >= 0.3 is 0 Å². The molecule has 0 bridgehead atoms. The van der Waals surface area contributed by atoms with E-state index in [0.717, 1.165) is 22.2 Å². The SMILES string of the molecule is Cc1cc2[nH]c(C)c(CO)c2cc1C. The molecule has 2 nitrogen and oxygen atoms in total. The van der Waals surface area contributed by atoms with E-state index in [4.69, 9.17) is 0 Å². The van der Waals surface area contributed by atoms with Gasteiger partial charge in [0.05, 0.1) is 6.61 Å². The number of nitrogens with one attached hydrogen (secondary N) is 1. The highest BCUT2D eigenvalue weighted by atomic mass is 16.3. The predicted octanol–water partition coefficient (Wildman–Crippen LogP) is 2.59. The van der Waals surface area contributed by atoms with E-state index >= 15 is 0 Å². The van der Waals surface area contributed by atoms with Crippen LogP contribution < -0.4 is 0 Å². The number of hydrogen-bond acceptors (Lipinski definition) is 1. The number of hydrogen-bond donors (Lipinski definition) is 2. The van der Waals surface area contributed by atoms with Gasteiger partial charge in [-0.2, -0.15) is 0 Å². The second-order valence-corrected chi connectivity index (χ2v) is 3.87. The van der Waals surface area contributed by atoms with Crippen molar-refractivity contribution in [2.24, 2.45) is 0 Å². The van der Waals surface area contributed by atoms with E-state index in [2.05, 4.69) is 31.0 Å². The Balaban J connectivity index is 2.82. The molecule has 0 amide bonds. The molecule has 0 aliphatic carbocycles. The number of H-pyrrole nitrogens is 1. The van der Waals surface area contributed by atoms with Crippen LogP contribution >= 0.6 is 0 Å². The number of aryl methyl sites for hydroxylation is 3. The van der Waals surface area contributed by atoms with Gasteiger partial charge in [0.1, 0.15) is 0 Å². The normalized spacial score (nSPS) is 11.1. The minimum absolute atomic E-state index is 0.105. The first-order valence-electron chi connectivity index (χ1n) is 4.82. The molecule has 0 spiro atoms. The fourth-order valence-corrected chi connectivity index (χ4v) is 1.85. The lowest BCUT2D eigenvalue weighted by molar-refractivity contribution is 0.282. The molecule has 0 aliphatic heterocycles. The Morgan fingerprint density at radius 2 is 1.79 bits per heavy atom. The zero-order chi connectivity index (χ0) is 10.3. The van der Waals surface area contributed by atoms with Gasteiger partial charge in [-0.3, -0.25) is 0 Å². The van der Waals surface area contributed by atoms with Crippen molar-refractivity contribution in [3.05, 3.63) is 34.5 Å². The molecule has 2 aromatic rings. The molecule has 14 heavy (non-hydrogen) atoms. The Morgan fingerprint density at radius 1 is 1.14 bits per heavy atom. The fraction of sp³-hybridized carbons (Fsp3) is 0.333. The largest absolute Gasteiger partial charge is 0.392 e. The molecule has 0 radical (unpaired) electrons. The summed E-state index contributed by atoms with van der Waals surface area (Å²) in [6, 6.07) is 4.27. The summed E-state index contributed by atoms with van der Waals surface area (Å²) in [6.07, 6.45) is 0. The van der Waals surface area contributed by atoms with Crippen LogP contribution in [0.15, 0.2) is 12.1 Å². The summed E-state index contributed by atoms with van der Waals surface area (Å²) in [7, 11) is 0. The smallest absolute Gasteiger partial charge is 0.0705 e. The number of aromatic nitrogens is 1. The van der Waals surface area contributed by atoms with E-state index in [1.165, 1.54) is 11.1 Å². The first kappa shape index (κ1) is 9.28. The van der Waals surface area contributed by atoms with Gasteiger partial charge in [0.2, 0.25) is 0 Å². The lowest BCUT2D eigenvalue weighted by Crippen LogP contribution is -1.85.